The maximum absolute atomic E-state index is 13.9. The van der Waals surface area contributed by atoms with E-state index in [1.807, 2.05) is 0 Å². The van der Waals surface area contributed by atoms with Gasteiger partial charge in [0.25, 0.3) is 11.8 Å². The van der Waals surface area contributed by atoms with Crippen molar-refractivity contribution >= 4 is 74.8 Å². The number of alkyl halides is 1. The number of carbonyl (C=O) groups is 5. The first-order valence-corrected chi connectivity index (χ1v) is 19.0. The third kappa shape index (κ3) is 10.4. The summed E-state index contributed by atoms with van der Waals surface area (Å²) in [6, 6.07) is 5.44. The van der Waals surface area contributed by atoms with Crippen molar-refractivity contribution in [1.29, 1.82) is 0 Å². The smallest absolute Gasteiger partial charge is 0.413 e. The first kappa shape index (κ1) is 41.4. The number of halogens is 1. The molecule has 1 fully saturated rings. The Kier molecular flexibility index (Phi) is 12.7. The van der Waals surface area contributed by atoms with Crippen molar-refractivity contribution in [2.45, 2.75) is 90.2 Å². The van der Waals surface area contributed by atoms with Gasteiger partial charge >= 0.3 is 18.0 Å². The Morgan fingerprint density at radius 2 is 1.70 bits per heavy atom. The molecule has 16 nitrogen and oxygen atoms in total. The number of hydrogen-bond acceptors (Lipinski definition) is 14. The molecule has 19 heteroatoms. The zero-order chi connectivity index (χ0) is 39.5. The first-order chi connectivity index (χ1) is 24.6. The fourth-order valence-electron chi connectivity index (χ4n) is 4.73. The number of nitrogens with zero attached hydrogens (tertiary/aromatic N) is 3. The number of ether oxygens (including phenoxy) is 4. The maximum atomic E-state index is 13.9. The van der Waals surface area contributed by atoms with Gasteiger partial charge in [-0.1, -0.05) is 17.3 Å². The van der Waals surface area contributed by atoms with Gasteiger partial charge < -0.3 is 33.7 Å². The lowest BCUT2D eigenvalue weighted by Crippen LogP contribution is -2.75. The van der Waals surface area contributed by atoms with Gasteiger partial charge in [-0.2, -0.15) is 0 Å². The molecule has 0 spiro atoms. The molecule has 2 aliphatic heterocycles. The average Bonchev–Trinajstić information content (AvgIpc) is 3.51. The molecule has 0 saturated carbocycles. The fourth-order valence-corrected chi connectivity index (χ4v) is 7.43. The molecule has 0 radical (unpaired) electrons. The lowest BCUT2D eigenvalue weighted by Gasteiger charge is -2.49. The summed E-state index contributed by atoms with van der Waals surface area (Å²) in [4.78, 5) is 76.8. The number of benzene rings is 1. The molecule has 1 aromatic heterocycles. The van der Waals surface area contributed by atoms with E-state index >= 15 is 0 Å². The number of oxime groups is 1. The number of nitrogens with one attached hydrogen (secondary N) is 2. The predicted octanol–water partition coefficient (Wildman–Crippen LogP) is 3.99. The van der Waals surface area contributed by atoms with Crippen molar-refractivity contribution in [1.82, 2.24) is 15.2 Å². The van der Waals surface area contributed by atoms with Crippen LogP contribution in [0.15, 0.2) is 46.1 Å². The second-order valence-corrected chi connectivity index (χ2v) is 17.0. The SMILES string of the molecule is COc1ccc(COC(=O)C2=C(CCl)C[S@@+]([O-])[C@@H]3[C@H](NC(=O)/C(=N\OC(C)(C)C(=O)OC(C)(C)C)c4csc(NC(=O)OC(C)(C)C)n4)C(=O)N23)cc1. The van der Waals surface area contributed by atoms with Gasteiger partial charge in [0.05, 0.1) is 13.0 Å². The number of esters is 2. The van der Waals surface area contributed by atoms with Crippen LogP contribution in [0.2, 0.25) is 0 Å². The number of anilines is 1. The Balaban J connectivity index is 1.57. The quantitative estimate of drug-likeness (QED) is 0.0595. The predicted molar refractivity (Wildman–Crippen MR) is 196 cm³/mol. The van der Waals surface area contributed by atoms with E-state index in [-0.39, 0.29) is 40.3 Å². The van der Waals surface area contributed by atoms with Crippen LogP contribution in [-0.2, 0) is 56.0 Å². The van der Waals surface area contributed by atoms with E-state index in [2.05, 4.69) is 20.8 Å². The fraction of sp³-hybridized carbons (Fsp3) is 0.500. The largest absolute Gasteiger partial charge is 0.614 e. The van der Waals surface area contributed by atoms with Crippen molar-refractivity contribution in [2.75, 3.05) is 24.1 Å². The highest BCUT2D eigenvalue weighted by Crippen LogP contribution is 2.38. The van der Waals surface area contributed by atoms with Gasteiger partial charge in [-0.15, -0.1) is 22.9 Å². The Morgan fingerprint density at radius 3 is 2.28 bits per heavy atom. The topological polar surface area (TPSA) is 207 Å². The Hall–Kier alpha value is -4.39. The Bertz CT molecular complexity index is 1800. The number of thiazole rings is 1. The van der Waals surface area contributed by atoms with Crippen molar-refractivity contribution in [3.05, 3.63) is 52.2 Å². The van der Waals surface area contributed by atoms with Gasteiger partial charge in [-0.25, -0.2) is 19.4 Å². The van der Waals surface area contributed by atoms with Crippen LogP contribution in [0.3, 0.4) is 0 Å². The molecule has 1 aromatic carbocycles. The van der Waals surface area contributed by atoms with Crippen LogP contribution in [0.1, 0.15) is 66.6 Å². The van der Waals surface area contributed by atoms with Crippen LogP contribution in [0.5, 0.6) is 5.75 Å². The van der Waals surface area contributed by atoms with E-state index in [0.29, 0.717) is 11.3 Å². The van der Waals surface area contributed by atoms with Gasteiger partial charge in [0, 0.05) is 11.0 Å². The second-order valence-electron chi connectivity index (χ2n) is 14.3. The number of methoxy groups -OCH3 is 1. The summed E-state index contributed by atoms with van der Waals surface area (Å²) in [7, 11) is 1.52. The summed E-state index contributed by atoms with van der Waals surface area (Å²) in [6.07, 6.45) is -0.800. The number of aromatic nitrogens is 1. The number of hydrogen-bond donors (Lipinski definition) is 2. The van der Waals surface area contributed by atoms with Gasteiger partial charge in [0.15, 0.2) is 16.9 Å². The highest BCUT2D eigenvalue weighted by atomic mass is 35.5. The van der Waals surface area contributed by atoms with Crippen molar-refractivity contribution in [2.24, 2.45) is 5.16 Å². The highest BCUT2D eigenvalue weighted by molar-refractivity contribution is 7.92. The van der Waals surface area contributed by atoms with E-state index in [1.165, 1.54) is 26.3 Å². The number of rotatable bonds is 12. The Labute approximate surface area is 318 Å². The molecule has 0 unspecified atom stereocenters. The minimum atomic E-state index is -1.79. The van der Waals surface area contributed by atoms with Crippen molar-refractivity contribution < 1.29 is 52.3 Å². The van der Waals surface area contributed by atoms with Crippen LogP contribution in [-0.4, -0.2) is 97.0 Å². The van der Waals surface area contributed by atoms with Crippen molar-refractivity contribution in [3.8, 4) is 5.75 Å². The standard InChI is InChI=1S/C34H42ClN5O11S2/c1-32(2,3)49-29(44)34(7,8)51-39-22(21-16-52-30(36-21)38-31(45)50-33(4,5)6)25(41)37-23-26(42)40-24(19(14-35)17-53(46)27(23)40)28(43)48-15-18-10-12-20(47-9)13-11-18/h10-13,16,23,27H,14-15,17H2,1-9H3,(H,37,41)(H,36,38,45)/b39-22-/t23-,27-,53-/m1/s1. The van der Waals surface area contributed by atoms with Gasteiger partial charge in [0.1, 0.15) is 40.7 Å². The third-order valence-electron chi connectivity index (χ3n) is 7.20. The second kappa shape index (κ2) is 16.3. The van der Waals surface area contributed by atoms with E-state index in [9.17, 15) is 28.5 Å². The van der Waals surface area contributed by atoms with Crippen LogP contribution < -0.4 is 15.4 Å². The molecule has 3 atom stereocenters. The van der Waals surface area contributed by atoms with Gasteiger partial charge in [-0.3, -0.25) is 19.8 Å². The van der Waals surface area contributed by atoms with Gasteiger partial charge in [0.2, 0.25) is 11.0 Å². The van der Waals surface area contributed by atoms with Crippen LogP contribution in [0, 0.1) is 0 Å². The molecule has 53 heavy (non-hydrogen) atoms. The number of fused-ring (bicyclic) bond motifs is 1. The molecule has 2 aliphatic rings. The number of carbonyl (C=O) groups excluding carboxylic acids is 5. The maximum Gasteiger partial charge on any atom is 0.413 e. The molecule has 4 rings (SSSR count). The minimum Gasteiger partial charge on any atom is -0.614 e. The monoisotopic (exact) mass is 795 g/mol. The van der Waals surface area contributed by atoms with E-state index < -0.39 is 75.0 Å². The summed E-state index contributed by atoms with van der Waals surface area (Å²) >= 11 is 5.26. The first-order valence-electron chi connectivity index (χ1n) is 16.2. The summed E-state index contributed by atoms with van der Waals surface area (Å²) in [5.74, 6) is -3.13. The Morgan fingerprint density at radius 1 is 1.06 bits per heavy atom. The zero-order valence-electron chi connectivity index (χ0n) is 30.7. The molecule has 2 N–H and O–H groups in total. The molecular formula is C34H42ClN5O11S2. The molecule has 3 heterocycles. The minimum absolute atomic E-state index is 0.0389. The molecule has 3 amide bonds. The van der Waals surface area contributed by atoms with Crippen LogP contribution >= 0.6 is 22.9 Å². The van der Waals surface area contributed by atoms with Crippen LogP contribution in [0.4, 0.5) is 9.93 Å². The van der Waals surface area contributed by atoms with Crippen LogP contribution in [0.25, 0.3) is 0 Å². The summed E-state index contributed by atoms with van der Waals surface area (Å²) in [6.45, 7) is 12.7. The number of β-lactam (4-membered cyclic amide) rings is 1. The summed E-state index contributed by atoms with van der Waals surface area (Å²) < 4.78 is 34.7. The van der Waals surface area contributed by atoms with Crippen molar-refractivity contribution in [3.63, 3.8) is 0 Å². The molecule has 288 valence electrons. The molecule has 0 bridgehead atoms. The third-order valence-corrected chi connectivity index (χ3v) is 9.94. The summed E-state index contributed by atoms with van der Waals surface area (Å²) in [5.41, 5.74) is -3.19. The number of amides is 3. The lowest BCUT2D eigenvalue weighted by atomic mass is 10.0. The normalized spacial score (nSPS) is 19.1. The summed E-state index contributed by atoms with van der Waals surface area (Å²) in [5, 5.41) is 9.22. The highest BCUT2D eigenvalue weighted by Gasteiger charge is 2.61. The van der Waals surface area contributed by atoms with E-state index in [1.54, 1.807) is 65.8 Å². The molecule has 2 aromatic rings. The van der Waals surface area contributed by atoms with E-state index in [0.717, 1.165) is 16.2 Å². The molecule has 1 saturated heterocycles. The average molecular weight is 796 g/mol. The molecule has 0 aliphatic carbocycles. The zero-order valence-corrected chi connectivity index (χ0v) is 33.1. The molecular weight excluding hydrogens is 754 g/mol. The lowest BCUT2D eigenvalue weighted by molar-refractivity contribution is -0.179. The van der Waals surface area contributed by atoms with E-state index in [4.69, 9.17) is 35.4 Å². The van der Waals surface area contributed by atoms with Gasteiger partial charge in [-0.05, 0) is 84.3 Å².